The van der Waals surface area contributed by atoms with E-state index >= 15 is 0 Å². The maximum Gasteiger partial charge on any atom is 0.358 e. The summed E-state index contributed by atoms with van der Waals surface area (Å²) in [5, 5.41) is 16.1. The van der Waals surface area contributed by atoms with Gasteiger partial charge in [0.15, 0.2) is 5.69 Å². The molecule has 1 aromatic rings. The van der Waals surface area contributed by atoms with Crippen LogP contribution in [0.25, 0.3) is 0 Å². The number of carboxylic acids is 1. The minimum absolute atomic E-state index is 0.00447. The van der Waals surface area contributed by atoms with Crippen LogP contribution in [-0.4, -0.2) is 55.5 Å². The van der Waals surface area contributed by atoms with Crippen molar-refractivity contribution in [2.45, 2.75) is 37.3 Å². The van der Waals surface area contributed by atoms with Crippen molar-refractivity contribution >= 4 is 11.9 Å². The Kier molecular flexibility index (Phi) is 2.97. The third kappa shape index (κ3) is 2.05. The Hall–Kier alpha value is -1.96. The van der Waals surface area contributed by atoms with Crippen molar-refractivity contribution in [3.63, 3.8) is 0 Å². The third-order valence-electron chi connectivity index (χ3n) is 4.17. The lowest BCUT2D eigenvalue weighted by Gasteiger charge is -2.42. The molecule has 3 N–H and O–H groups in total. The van der Waals surface area contributed by atoms with Gasteiger partial charge in [-0.15, -0.1) is 5.10 Å². The van der Waals surface area contributed by atoms with E-state index in [0.29, 0.717) is 13.1 Å². The maximum absolute atomic E-state index is 12.3. The van der Waals surface area contributed by atoms with Crippen molar-refractivity contribution in [2.75, 3.05) is 13.1 Å². The Morgan fingerprint density at radius 2 is 2.00 bits per heavy atom. The van der Waals surface area contributed by atoms with Gasteiger partial charge in [-0.25, -0.2) is 9.48 Å². The molecule has 0 radical (unpaired) electrons. The van der Waals surface area contributed by atoms with E-state index in [-0.39, 0.29) is 17.6 Å². The molecule has 108 valence electrons. The Labute approximate surface area is 115 Å². The summed E-state index contributed by atoms with van der Waals surface area (Å²) in [4.78, 5) is 24.8. The molecular weight excluding hydrogens is 262 g/mol. The first-order valence-electron chi connectivity index (χ1n) is 6.73. The highest BCUT2D eigenvalue weighted by Gasteiger charge is 2.44. The highest BCUT2D eigenvalue weighted by Crippen LogP contribution is 2.32. The zero-order valence-electron chi connectivity index (χ0n) is 11.0. The number of rotatable bonds is 3. The first kappa shape index (κ1) is 13.0. The Morgan fingerprint density at radius 1 is 1.35 bits per heavy atom. The van der Waals surface area contributed by atoms with Crippen LogP contribution in [0.5, 0.6) is 0 Å². The van der Waals surface area contributed by atoms with Crippen molar-refractivity contribution in [2.24, 2.45) is 5.73 Å². The molecule has 0 aromatic carbocycles. The number of aromatic nitrogens is 3. The molecular formula is C12H17N5O3. The largest absolute Gasteiger partial charge is 0.476 e. The van der Waals surface area contributed by atoms with Gasteiger partial charge >= 0.3 is 5.97 Å². The second-order valence-corrected chi connectivity index (χ2v) is 5.62. The number of likely N-dealkylation sites (tertiary alicyclic amines) is 1. The van der Waals surface area contributed by atoms with Gasteiger partial charge in [0.05, 0.1) is 17.8 Å². The molecule has 3 rings (SSSR count). The van der Waals surface area contributed by atoms with Crippen LogP contribution in [0, 0.1) is 0 Å². The molecule has 2 fully saturated rings. The molecule has 1 amide bonds. The lowest BCUT2D eigenvalue weighted by molar-refractivity contribution is -0.143. The lowest BCUT2D eigenvalue weighted by Crippen LogP contribution is -2.60. The van der Waals surface area contributed by atoms with Crippen LogP contribution in [0.2, 0.25) is 0 Å². The Bertz CT molecular complexity index is 543. The molecule has 0 bridgehead atoms. The molecule has 0 atom stereocenters. The zero-order valence-corrected chi connectivity index (χ0v) is 11.0. The molecule has 2 heterocycles. The van der Waals surface area contributed by atoms with Crippen LogP contribution in [0.15, 0.2) is 6.20 Å². The van der Waals surface area contributed by atoms with Crippen molar-refractivity contribution in [3.8, 4) is 0 Å². The average Bonchev–Trinajstić information content (AvgIpc) is 2.97. The van der Waals surface area contributed by atoms with Gasteiger partial charge in [-0.05, 0) is 12.8 Å². The van der Waals surface area contributed by atoms with Gasteiger partial charge in [0.2, 0.25) is 5.91 Å². The molecule has 1 aliphatic carbocycles. The van der Waals surface area contributed by atoms with Crippen molar-refractivity contribution in [3.05, 3.63) is 11.9 Å². The number of carbonyl (C=O) groups excluding carboxylic acids is 1. The normalized spacial score (nSPS) is 21.8. The van der Waals surface area contributed by atoms with Crippen LogP contribution in [0.1, 0.15) is 42.2 Å². The van der Waals surface area contributed by atoms with E-state index in [4.69, 9.17) is 10.8 Å². The standard InChI is InChI=1S/C12H17N5O3/c13-12(3-1-2-4-12)11(20)16-5-8(6-16)17-7-9(10(18)19)14-15-17/h7-8H,1-6,13H2,(H,18,19). The summed E-state index contributed by atoms with van der Waals surface area (Å²) in [6, 6.07) is -0.00967. The Balaban J connectivity index is 1.60. The van der Waals surface area contributed by atoms with Crippen molar-refractivity contribution in [1.29, 1.82) is 0 Å². The van der Waals surface area contributed by atoms with E-state index in [1.54, 1.807) is 4.90 Å². The predicted octanol–water partition coefficient (Wildman–Crippen LogP) is -0.369. The molecule has 2 aliphatic rings. The summed E-state index contributed by atoms with van der Waals surface area (Å²) in [5.74, 6) is -1.10. The monoisotopic (exact) mass is 279 g/mol. The highest BCUT2D eigenvalue weighted by atomic mass is 16.4. The van der Waals surface area contributed by atoms with Crippen molar-refractivity contribution in [1.82, 2.24) is 19.9 Å². The fourth-order valence-electron chi connectivity index (χ4n) is 2.88. The topological polar surface area (TPSA) is 114 Å². The lowest BCUT2D eigenvalue weighted by atomic mass is 9.94. The summed E-state index contributed by atoms with van der Waals surface area (Å²) in [6.07, 6.45) is 4.90. The van der Waals surface area contributed by atoms with Gasteiger partial charge in [0.25, 0.3) is 0 Å². The van der Waals surface area contributed by atoms with E-state index in [9.17, 15) is 9.59 Å². The van der Waals surface area contributed by atoms with Crippen LogP contribution in [0.4, 0.5) is 0 Å². The molecule has 1 aliphatic heterocycles. The van der Waals surface area contributed by atoms with Gasteiger partial charge in [-0.2, -0.15) is 0 Å². The van der Waals surface area contributed by atoms with Gasteiger partial charge in [-0.1, -0.05) is 18.1 Å². The number of nitrogens with zero attached hydrogens (tertiary/aromatic N) is 4. The fourth-order valence-corrected chi connectivity index (χ4v) is 2.88. The number of carbonyl (C=O) groups is 2. The third-order valence-corrected chi connectivity index (χ3v) is 4.17. The van der Waals surface area contributed by atoms with Gasteiger partial charge in [0.1, 0.15) is 0 Å². The van der Waals surface area contributed by atoms with Crippen LogP contribution in [-0.2, 0) is 4.79 Å². The van der Waals surface area contributed by atoms with Crippen LogP contribution >= 0.6 is 0 Å². The molecule has 1 aromatic heterocycles. The summed E-state index contributed by atoms with van der Waals surface area (Å²) in [6.45, 7) is 1.03. The number of hydrogen-bond donors (Lipinski definition) is 2. The molecule has 8 nitrogen and oxygen atoms in total. The van der Waals surface area contributed by atoms with E-state index in [2.05, 4.69) is 10.3 Å². The first-order chi connectivity index (χ1) is 9.49. The van der Waals surface area contributed by atoms with Crippen LogP contribution in [0.3, 0.4) is 0 Å². The number of hydrogen-bond acceptors (Lipinski definition) is 5. The molecule has 8 heteroatoms. The highest BCUT2D eigenvalue weighted by molar-refractivity contribution is 5.87. The van der Waals surface area contributed by atoms with Crippen LogP contribution < -0.4 is 5.73 Å². The summed E-state index contributed by atoms with van der Waals surface area (Å²) < 4.78 is 1.51. The minimum Gasteiger partial charge on any atom is -0.476 e. The summed E-state index contributed by atoms with van der Waals surface area (Å²) in [7, 11) is 0. The summed E-state index contributed by atoms with van der Waals surface area (Å²) in [5.41, 5.74) is 5.36. The summed E-state index contributed by atoms with van der Waals surface area (Å²) >= 11 is 0. The first-order valence-corrected chi connectivity index (χ1v) is 6.73. The van der Waals surface area contributed by atoms with E-state index in [1.807, 2.05) is 0 Å². The predicted molar refractivity (Wildman–Crippen MR) is 68.0 cm³/mol. The van der Waals surface area contributed by atoms with E-state index < -0.39 is 11.5 Å². The second-order valence-electron chi connectivity index (χ2n) is 5.62. The van der Waals surface area contributed by atoms with Gasteiger partial charge < -0.3 is 15.7 Å². The van der Waals surface area contributed by atoms with E-state index in [0.717, 1.165) is 25.7 Å². The molecule has 1 saturated carbocycles. The van der Waals surface area contributed by atoms with Crippen molar-refractivity contribution < 1.29 is 14.7 Å². The van der Waals surface area contributed by atoms with Gasteiger partial charge in [-0.3, -0.25) is 4.79 Å². The number of aromatic carboxylic acids is 1. The average molecular weight is 279 g/mol. The molecule has 0 spiro atoms. The fraction of sp³-hybridized carbons (Fsp3) is 0.667. The smallest absolute Gasteiger partial charge is 0.358 e. The number of carboxylic acid groups (broad SMARTS) is 1. The van der Waals surface area contributed by atoms with E-state index in [1.165, 1.54) is 10.9 Å². The maximum atomic E-state index is 12.3. The number of nitrogens with two attached hydrogens (primary N) is 1. The molecule has 1 saturated heterocycles. The molecule has 0 unspecified atom stereocenters. The SMILES string of the molecule is NC1(C(=O)N2CC(n3cc(C(=O)O)nn3)C2)CCCC1. The number of amides is 1. The zero-order chi connectivity index (χ0) is 14.3. The van der Waals surface area contributed by atoms with Gasteiger partial charge in [0, 0.05) is 13.1 Å². The molecule has 20 heavy (non-hydrogen) atoms. The second kappa shape index (κ2) is 4.55. The quantitative estimate of drug-likeness (QED) is 0.780. The Morgan fingerprint density at radius 3 is 2.55 bits per heavy atom. The minimum atomic E-state index is -1.10.